The fourth-order valence-electron chi connectivity index (χ4n) is 1.70. The largest absolute Gasteiger partial charge is 0.494 e. The van der Waals surface area contributed by atoms with Crippen LogP contribution in [0.1, 0.15) is 51.6 Å². The number of rotatable bonds is 7. The lowest BCUT2D eigenvalue weighted by atomic mass is 10.0. The first-order valence-corrected chi connectivity index (χ1v) is 6.61. The highest BCUT2D eigenvalue weighted by molar-refractivity contribution is 5.28. The summed E-state index contributed by atoms with van der Waals surface area (Å²) >= 11 is 0. The van der Waals surface area contributed by atoms with Crippen molar-refractivity contribution in [2.75, 3.05) is 6.61 Å². The van der Waals surface area contributed by atoms with Gasteiger partial charge < -0.3 is 10.5 Å². The standard InChI is InChI=1S/C15H25NO/c1-4-5-15(16)13-6-8-14(9-7-13)17-11-10-12(2)3/h6-9,12,15H,4-5,10-11,16H2,1-3H3. The molecule has 0 saturated heterocycles. The molecule has 0 aliphatic heterocycles. The SMILES string of the molecule is CCCC(N)c1ccc(OCCC(C)C)cc1. The predicted octanol–water partition coefficient (Wildman–Crippen LogP) is 3.91. The summed E-state index contributed by atoms with van der Waals surface area (Å²) < 4.78 is 5.67. The van der Waals surface area contributed by atoms with E-state index >= 15 is 0 Å². The Morgan fingerprint density at radius 2 is 1.76 bits per heavy atom. The molecule has 2 N–H and O–H groups in total. The zero-order chi connectivity index (χ0) is 12.7. The summed E-state index contributed by atoms with van der Waals surface area (Å²) in [5.41, 5.74) is 7.25. The van der Waals surface area contributed by atoms with Crippen molar-refractivity contribution in [1.29, 1.82) is 0 Å². The molecule has 17 heavy (non-hydrogen) atoms. The Bertz CT molecular complexity index is 305. The first-order chi connectivity index (χ1) is 8.13. The van der Waals surface area contributed by atoms with Gasteiger partial charge in [0.15, 0.2) is 0 Å². The van der Waals surface area contributed by atoms with E-state index in [0.717, 1.165) is 31.6 Å². The lowest BCUT2D eigenvalue weighted by Gasteiger charge is -2.12. The van der Waals surface area contributed by atoms with Crippen molar-refractivity contribution in [2.24, 2.45) is 11.7 Å². The first kappa shape index (κ1) is 14.0. The van der Waals surface area contributed by atoms with E-state index in [1.165, 1.54) is 5.56 Å². The normalized spacial score (nSPS) is 12.8. The molecule has 2 nitrogen and oxygen atoms in total. The third kappa shape index (κ3) is 5.22. The third-order valence-corrected chi connectivity index (χ3v) is 2.87. The van der Waals surface area contributed by atoms with E-state index in [1.54, 1.807) is 0 Å². The van der Waals surface area contributed by atoms with Gasteiger partial charge in [-0.1, -0.05) is 39.3 Å². The van der Waals surface area contributed by atoms with Crippen molar-refractivity contribution in [2.45, 2.75) is 46.1 Å². The average molecular weight is 235 g/mol. The number of hydrogen-bond donors (Lipinski definition) is 1. The minimum Gasteiger partial charge on any atom is -0.494 e. The van der Waals surface area contributed by atoms with Crippen LogP contribution < -0.4 is 10.5 Å². The van der Waals surface area contributed by atoms with E-state index in [1.807, 2.05) is 12.1 Å². The van der Waals surface area contributed by atoms with Crippen molar-refractivity contribution in [3.8, 4) is 5.75 Å². The van der Waals surface area contributed by atoms with Gasteiger partial charge in [-0.3, -0.25) is 0 Å². The lowest BCUT2D eigenvalue weighted by Crippen LogP contribution is -2.09. The second kappa shape index (κ2) is 7.33. The molecule has 0 aliphatic carbocycles. The van der Waals surface area contributed by atoms with E-state index in [9.17, 15) is 0 Å². The average Bonchev–Trinajstić information content (AvgIpc) is 2.30. The van der Waals surface area contributed by atoms with Gasteiger partial charge in [-0.05, 0) is 36.5 Å². The number of nitrogens with two attached hydrogens (primary N) is 1. The molecule has 2 heteroatoms. The minimum absolute atomic E-state index is 0.157. The fourth-order valence-corrected chi connectivity index (χ4v) is 1.70. The molecule has 0 aliphatic rings. The van der Waals surface area contributed by atoms with Gasteiger partial charge in [0.2, 0.25) is 0 Å². The Labute approximate surface area is 105 Å². The van der Waals surface area contributed by atoms with Gasteiger partial charge >= 0.3 is 0 Å². The summed E-state index contributed by atoms with van der Waals surface area (Å²) in [6, 6.07) is 8.34. The molecule has 1 atom stereocenters. The van der Waals surface area contributed by atoms with E-state index in [2.05, 4.69) is 32.9 Å². The number of ether oxygens (including phenoxy) is 1. The van der Waals surface area contributed by atoms with Gasteiger partial charge in [0.25, 0.3) is 0 Å². The fraction of sp³-hybridized carbons (Fsp3) is 0.600. The van der Waals surface area contributed by atoms with Gasteiger partial charge in [0.1, 0.15) is 5.75 Å². The molecule has 0 heterocycles. The zero-order valence-electron chi connectivity index (χ0n) is 11.3. The van der Waals surface area contributed by atoms with Crippen LogP contribution in [-0.4, -0.2) is 6.61 Å². The molecule has 0 fully saturated rings. The van der Waals surface area contributed by atoms with Crippen LogP contribution in [-0.2, 0) is 0 Å². The van der Waals surface area contributed by atoms with Crippen LogP contribution in [0.5, 0.6) is 5.75 Å². The van der Waals surface area contributed by atoms with Gasteiger partial charge in [0.05, 0.1) is 6.61 Å². The molecule has 0 aromatic heterocycles. The van der Waals surface area contributed by atoms with Crippen LogP contribution >= 0.6 is 0 Å². The first-order valence-electron chi connectivity index (χ1n) is 6.61. The summed E-state index contributed by atoms with van der Waals surface area (Å²) in [7, 11) is 0. The third-order valence-electron chi connectivity index (χ3n) is 2.87. The Hall–Kier alpha value is -1.02. The smallest absolute Gasteiger partial charge is 0.119 e. The van der Waals surface area contributed by atoms with Crippen molar-refractivity contribution in [1.82, 2.24) is 0 Å². The van der Waals surface area contributed by atoms with Crippen molar-refractivity contribution < 1.29 is 4.74 Å². The van der Waals surface area contributed by atoms with Crippen LogP contribution in [0.25, 0.3) is 0 Å². The highest BCUT2D eigenvalue weighted by Crippen LogP contribution is 2.19. The van der Waals surface area contributed by atoms with E-state index in [0.29, 0.717) is 5.92 Å². The molecular formula is C15H25NO. The molecule has 96 valence electrons. The van der Waals surface area contributed by atoms with Crippen LogP contribution in [0.15, 0.2) is 24.3 Å². The van der Waals surface area contributed by atoms with E-state index in [-0.39, 0.29) is 6.04 Å². The maximum atomic E-state index is 6.05. The Morgan fingerprint density at radius 3 is 2.29 bits per heavy atom. The zero-order valence-corrected chi connectivity index (χ0v) is 11.3. The van der Waals surface area contributed by atoms with Gasteiger partial charge in [-0.15, -0.1) is 0 Å². The Morgan fingerprint density at radius 1 is 1.12 bits per heavy atom. The second-order valence-corrected chi connectivity index (χ2v) is 5.00. The maximum Gasteiger partial charge on any atom is 0.119 e. The maximum absolute atomic E-state index is 6.05. The number of benzene rings is 1. The monoisotopic (exact) mass is 235 g/mol. The van der Waals surface area contributed by atoms with Gasteiger partial charge in [0, 0.05) is 6.04 Å². The van der Waals surface area contributed by atoms with E-state index < -0.39 is 0 Å². The molecule has 0 radical (unpaired) electrons. The minimum atomic E-state index is 0.157. The Kier molecular flexibility index (Phi) is 6.06. The molecule has 1 rings (SSSR count). The summed E-state index contributed by atoms with van der Waals surface area (Å²) in [6.45, 7) is 7.35. The van der Waals surface area contributed by atoms with Crippen molar-refractivity contribution in [3.63, 3.8) is 0 Å². The topological polar surface area (TPSA) is 35.2 Å². The molecular weight excluding hydrogens is 210 g/mol. The Balaban J connectivity index is 2.44. The summed E-state index contributed by atoms with van der Waals surface area (Å²) in [5, 5.41) is 0. The van der Waals surface area contributed by atoms with Gasteiger partial charge in [-0.2, -0.15) is 0 Å². The molecule has 0 bridgehead atoms. The van der Waals surface area contributed by atoms with Crippen LogP contribution in [0.3, 0.4) is 0 Å². The summed E-state index contributed by atoms with van der Waals surface area (Å²) in [6.07, 6.45) is 3.25. The summed E-state index contributed by atoms with van der Waals surface area (Å²) in [5.74, 6) is 1.63. The quantitative estimate of drug-likeness (QED) is 0.777. The van der Waals surface area contributed by atoms with Crippen LogP contribution in [0.4, 0.5) is 0 Å². The molecule has 1 unspecified atom stereocenters. The predicted molar refractivity (Wildman–Crippen MR) is 73.2 cm³/mol. The molecule has 1 aromatic rings. The molecule has 0 spiro atoms. The van der Waals surface area contributed by atoms with Gasteiger partial charge in [-0.25, -0.2) is 0 Å². The van der Waals surface area contributed by atoms with Crippen LogP contribution in [0, 0.1) is 5.92 Å². The van der Waals surface area contributed by atoms with E-state index in [4.69, 9.17) is 10.5 Å². The van der Waals surface area contributed by atoms with Crippen LogP contribution in [0.2, 0.25) is 0 Å². The highest BCUT2D eigenvalue weighted by atomic mass is 16.5. The van der Waals surface area contributed by atoms with Crippen molar-refractivity contribution >= 4 is 0 Å². The lowest BCUT2D eigenvalue weighted by molar-refractivity contribution is 0.289. The molecule has 1 aromatic carbocycles. The molecule has 0 amide bonds. The molecule has 0 saturated carbocycles. The van der Waals surface area contributed by atoms with Crippen molar-refractivity contribution in [3.05, 3.63) is 29.8 Å². The number of hydrogen-bond acceptors (Lipinski definition) is 2. The highest BCUT2D eigenvalue weighted by Gasteiger charge is 2.04. The summed E-state index contributed by atoms with van der Waals surface area (Å²) in [4.78, 5) is 0. The second-order valence-electron chi connectivity index (χ2n) is 5.00.